The summed E-state index contributed by atoms with van der Waals surface area (Å²) in [7, 11) is 0. The van der Waals surface area contributed by atoms with Crippen molar-refractivity contribution < 1.29 is 18.2 Å². The van der Waals surface area contributed by atoms with Gasteiger partial charge in [0.1, 0.15) is 34.9 Å². The van der Waals surface area contributed by atoms with Gasteiger partial charge in [0.2, 0.25) is 6.04 Å². The zero-order valence-electron chi connectivity index (χ0n) is 17.7. The highest BCUT2D eigenvalue weighted by Gasteiger charge is 2.41. The van der Waals surface area contributed by atoms with Crippen LogP contribution in [-0.4, -0.2) is 16.9 Å². The zero-order valence-corrected chi connectivity index (χ0v) is 17.7. The summed E-state index contributed by atoms with van der Waals surface area (Å²) in [5.74, 6) is 1.88. The number of benzene rings is 2. The number of nitrogens with zero attached hydrogens (tertiary/aromatic N) is 2. The Morgan fingerprint density at radius 1 is 1.03 bits per heavy atom. The molecule has 160 valence electrons. The molecule has 0 radical (unpaired) electrons. The van der Waals surface area contributed by atoms with E-state index in [1.54, 1.807) is 29.0 Å². The molecule has 0 saturated heterocycles. The second kappa shape index (κ2) is 8.38. The predicted molar refractivity (Wildman–Crippen MR) is 119 cm³/mol. The smallest absolute Gasteiger partial charge is 0.359 e. The van der Waals surface area contributed by atoms with E-state index in [1.807, 2.05) is 49.4 Å². The normalized spacial score (nSPS) is 14.9. The highest BCUT2D eigenvalue weighted by molar-refractivity contribution is 5.82. The van der Waals surface area contributed by atoms with Crippen LogP contribution in [0.3, 0.4) is 0 Å². The average Bonchev–Trinajstić information content (AvgIpc) is 3.41. The largest absolute Gasteiger partial charge is 0.466 e. The molecule has 0 bridgehead atoms. The predicted octanol–water partition coefficient (Wildman–Crippen LogP) is 4.60. The maximum atomic E-state index is 14.4. The molecule has 1 atom stereocenters. The molecule has 5 rings (SSSR count). The van der Waals surface area contributed by atoms with Crippen LogP contribution in [0.4, 0.5) is 10.2 Å². The van der Waals surface area contributed by atoms with Crippen molar-refractivity contribution in [3.8, 4) is 11.3 Å². The van der Waals surface area contributed by atoms with Crippen molar-refractivity contribution in [1.29, 1.82) is 0 Å². The lowest BCUT2D eigenvalue weighted by atomic mass is 10.1. The van der Waals surface area contributed by atoms with E-state index < -0.39 is 6.04 Å². The van der Waals surface area contributed by atoms with Gasteiger partial charge >= 0.3 is 11.7 Å². The number of anilines is 1. The number of furan rings is 1. The zero-order chi connectivity index (χ0) is 22.1. The molecule has 1 unspecified atom stereocenters. The van der Waals surface area contributed by atoms with Crippen LogP contribution in [-0.2, 0) is 19.3 Å². The summed E-state index contributed by atoms with van der Waals surface area (Å²) in [5, 5.41) is 3.32. The van der Waals surface area contributed by atoms with E-state index in [2.05, 4.69) is 5.32 Å². The van der Waals surface area contributed by atoms with E-state index in [0.717, 1.165) is 23.5 Å². The van der Waals surface area contributed by atoms with E-state index in [0.29, 0.717) is 29.2 Å². The number of hydrogen-bond acceptors (Lipinski definition) is 4. The molecule has 2 aromatic carbocycles. The van der Waals surface area contributed by atoms with Crippen molar-refractivity contribution in [2.45, 2.75) is 32.2 Å². The third kappa shape index (κ3) is 3.80. The number of halogens is 1. The van der Waals surface area contributed by atoms with E-state index in [9.17, 15) is 9.18 Å². The molecule has 0 amide bonds. The Morgan fingerprint density at radius 2 is 1.78 bits per heavy atom. The van der Waals surface area contributed by atoms with Gasteiger partial charge in [-0.1, -0.05) is 55.5 Å². The Balaban J connectivity index is 1.54. The number of aromatic nitrogens is 2. The second-order valence-corrected chi connectivity index (χ2v) is 7.89. The maximum Gasteiger partial charge on any atom is 0.359 e. The van der Waals surface area contributed by atoms with E-state index >= 15 is 0 Å². The summed E-state index contributed by atoms with van der Waals surface area (Å²) in [6.07, 6.45) is 3.26. The molecule has 1 aliphatic heterocycles. The molecule has 4 aromatic rings. The van der Waals surface area contributed by atoms with Crippen LogP contribution >= 0.6 is 0 Å². The fourth-order valence-corrected chi connectivity index (χ4v) is 4.03. The van der Waals surface area contributed by atoms with E-state index in [1.165, 1.54) is 6.07 Å². The number of rotatable bonds is 6. The summed E-state index contributed by atoms with van der Waals surface area (Å²) in [6, 6.07) is 19.7. The Hall–Kier alpha value is -3.80. The lowest BCUT2D eigenvalue weighted by Gasteiger charge is -2.07. The number of nitrogens with one attached hydrogen (secondary N) is 1. The minimum absolute atomic E-state index is 0.0798. The quantitative estimate of drug-likeness (QED) is 0.456. The third-order valence-electron chi connectivity index (χ3n) is 5.72. The van der Waals surface area contributed by atoms with Gasteiger partial charge in [-0.3, -0.25) is 5.32 Å². The highest BCUT2D eigenvalue weighted by Crippen LogP contribution is 2.25. The van der Waals surface area contributed by atoms with Gasteiger partial charge in [0.15, 0.2) is 0 Å². The Kier molecular flexibility index (Phi) is 5.27. The van der Waals surface area contributed by atoms with Gasteiger partial charge < -0.3 is 4.42 Å². The summed E-state index contributed by atoms with van der Waals surface area (Å²) in [4.78, 5) is 18.1. The van der Waals surface area contributed by atoms with Crippen molar-refractivity contribution >= 4 is 11.7 Å². The molecular formula is C26H23FN3O2+. The summed E-state index contributed by atoms with van der Waals surface area (Å²) >= 11 is 0. The molecule has 0 saturated carbocycles. The molecule has 0 aliphatic carbocycles. The first-order valence-corrected chi connectivity index (χ1v) is 10.7. The lowest BCUT2D eigenvalue weighted by Crippen LogP contribution is -2.44. The van der Waals surface area contributed by atoms with Gasteiger partial charge in [0, 0.05) is 18.4 Å². The van der Waals surface area contributed by atoms with Crippen LogP contribution in [0.2, 0.25) is 0 Å². The minimum Gasteiger partial charge on any atom is -0.466 e. The van der Waals surface area contributed by atoms with Gasteiger partial charge in [-0.05, 0) is 23.8 Å². The fraction of sp³-hybridized carbons (Fsp3) is 0.192. The number of fused-ring (bicyclic) bond motifs is 1. The first-order chi connectivity index (χ1) is 15.6. The minimum atomic E-state index is -0.474. The van der Waals surface area contributed by atoms with Crippen LogP contribution in [0, 0.1) is 5.82 Å². The van der Waals surface area contributed by atoms with Gasteiger partial charge in [-0.25, -0.2) is 14.2 Å². The molecule has 0 fully saturated rings. The van der Waals surface area contributed by atoms with Crippen molar-refractivity contribution in [2.75, 3.05) is 5.32 Å². The SMILES string of the molecule is CCc1ccc(CC2Nc3c(Cc4ccccc4F)nc(-c4ccccc4)c[n+]3C2=O)o1. The second-order valence-electron chi connectivity index (χ2n) is 7.89. The number of carbonyl (C=O) groups is 1. The van der Waals surface area contributed by atoms with Gasteiger partial charge in [-0.15, -0.1) is 0 Å². The number of carbonyl (C=O) groups excluding carboxylic acids is 1. The van der Waals surface area contributed by atoms with Gasteiger partial charge in [-0.2, -0.15) is 4.57 Å². The molecule has 0 spiro atoms. The molecule has 1 aliphatic rings. The molecule has 2 aromatic heterocycles. The molecule has 3 heterocycles. The monoisotopic (exact) mass is 428 g/mol. The number of aryl methyl sites for hydroxylation is 1. The van der Waals surface area contributed by atoms with E-state index in [-0.39, 0.29) is 18.1 Å². The van der Waals surface area contributed by atoms with Crippen LogP contribution in [0.15, 0.2) is 77.3 Å². The van der Waals surface area contributed by atoms with Crippen LogP contribution in [0.1, 0.15) is 34.5 Å². The third-order valence-corrected chi connectivity index (χ3v) is 5.72. The maximum absolute atomic E-state index is 14.4. The number of hydrogen-bond donors (Lipinski definition) is 1. The Morgan fingerprint density at radius 3 is 2.53 bits per heavy atom. The Labute approximate surface area is 185 Å². The molecular weight excluding hydrogens is 405 g/mol. The standard InChI is InChI=1S/C26H22FN3O2/c1-2-19-12-13-20(32-19)15-23-26(31)30-16-24(17-8-4-3-5-9-17)28-22(25(30)29-23)14-18-10-6-7-11-21(18)27/h3-13,16,23H,2,14-15H2,1H3/p+1. The topological polar surface area (TPSA) is 59.0 Å². The first kappa shape index (κ1) is 20.1. The van der Waals surface area contributed by atoms with Gasteiger partial charge in [0.05, 0.1) is 6.42 Å². The van der Waals surface area contributed by atoms with Crippen LogP contribution in [0.5, 0.6) is 0 Å². The molecule has 32 heavy (non-hydrogen) atoms. The van der Waals surface area contributed by atoms with Crippen LogP contribution < -0.4 is 9.88 Å². The molecule has 5 nitrogen and oxygen atoms in total. The van der Waals surface area contributed by atoms with Crippen molar-refractivity contribution in [1.82, 2.24) is 4.98 Å². The van der Waals surface area contributed by atoms with Gasteiger partial charge in [0.25, 0.3) is 0 Å². The fourth-order valence-electron chi connectivity index (χ4n) is 4.03. The average molecular weight is 428 g/mol. The van der Waals surface area contributed by atoms with Crippen molar-refractivity contribution in [3.05, 3.63) is 102 Å². The van der Waals surface area contributed by atoms with Crippen LogP contribution in [0.25, 0.3) is 11.3 Å². The van der Waals surface area contributed by atoms with Crippen molar-refractivity contribution in [2.24, 2.45) is 0 Å². The Bertz CT molecular complexity index is 1280. The van der Waals surface area contributed by atoms with E-state index in [4.69, 9.17) is 9.40 Å². The molecule has 6 heteroatoms. The summed E-state index contributed by atoms with van der Waals surface area (Å²) < 4.78 is 21.8. The summed E-state index contributed by atoms with van der Waals surface area (Å²) in [5.41, 5.74) is 2.72. The summed E-state index contributed by atoms with van der Waals surface area (Å²) in [6.45, 7) is 2.03. The van der Waals surface area contributed by atoms with Crippen molar-refractivity contribution in [3.63, 3.8) is 0 Å². The highest BCUT2D eigenvalue weighted by atomic mass is 19.1. The molecule has 1 N–H and O–H groups in total. The lowest BCUT2D eigenvalue weighted by molar-refractivity contribution is -0.552. The first-order valence-electron chi connectivity index (χ1n) is 10.7.